The van der Waals surface area contributed by atoms with Crippen LogP contribution in [-0.4, -0.2) is 29.0 Å². The van der Waals surface area contributed by atoms with E-state index >= 15 is 0 Å². The summed E-state index contributed by atoms with van der Waals surface area (Å²) in [7, 11) is 0. The Labute approximate surface area is 158 Å². The summed E-state index contributed by atoms with van der Waals surface area (Å²) in [5.41, 5.74) is 3.48. The van der Waals surface area contributed by atoms with Gasteiger partial charge in [-0.25, -0.2) is 9.48 Å². The molecule has 0 saturated carbocycles. The Hall–Kier alpha value is -3.06. The Morgan fingerprint density at radius 1 is 1.22 bits per heavy atom. The van der Waals surface area contributed by atoms with Crippen LogP contribution < -0.4 is 10.6 Å². The van der Waals surface area contributed by atoms with E-state index in [0.717, 1.165) is 22.8 Å². The average Bonchev–Trinajstić information content (AvgIpc) is 3.28. The van der Waals surface area contributed by atoms with Crippen molar-refractivity contribution in [1.82, 2.24) is 15.1 Å². The molecule has 0 unspecified atom stereocenters. The third-order valence-corrected chi connectivity index (χ3v) is 3.97. The van der Waals surface area contributed by atoms with Gasteiger partial charge in [-0.3, -0.25) is 0 Å². The summed E-state index contributed by atoms with van der Waals surface area (Å²) in [6.45, 7) is 5.43. The molecule has 2 aromatic heterocycles. The summed E-state index contributed by atoms with van der Waals surface area (Å²) in [4.78, 5) is 12.2. The highest BCUT2D eigenvalue weighted by Gasteiger charge is 2.10. The summed E-state index contributed by atoms with van der Waals surface area (Å²) < 4.78 is 12.5. The maximum absolute atomic E-state index is 12.2. The van der Waals surface area contributed by atoms with Crippen molar-refractivity contribution in [3.05, 3.63) is 65.9 Å². The predicted octanol–water partition coefficient (Wildman–Crippen LogP) is 3.81. The van der Waals surface area contributed by atoms with Gasteiger partial charge < -0.3 is 19.8 Å². The van der Waals surface area contributed by atoms with Crippen LogP contribution >= 0.6 is 0 Å². The number of urea groups is 1. The van der Waals surface area contributed by atoms with Crippen molar-refractivity contribution in [2.45, 2.75) is 26.9 Å². The number of carbonyl (C=O) groups is 1. The van der Waals surface area contributed by atoms with E-state index in [1.807, 2.05) is 61.0 Å². The van der Waals surface area contributed by atoms with E-state index in [1.165, 1.54) is 0 Å². The fourth-order valence-electron chi connectivity index (χ4n) is 2.75. The van der Waals surface area contributed by atoms with Crippen LogP contribution in [0.4, 0.5) is 10.5 Å². The molecule has 0 saturated heterocycles. The molecule has 3 aromatic rings. The molecule has 7 nitrogen and oxygen atoms in total. The van der Waals surface area contributed by atoms with E-state index in [4.69, 9.17) is 9.15 Å². The van der Waals surface area contributed by atoms with E-state index in [9.17, 15) is 4.79 Å². The molecule has 0 spiro atoms. The largest absolute Gasteiger partial charge is 0.467 e. The Kier molecular flexibility index (Phi) is 6.27. The number of hydrogen-bond donors (Lipinski definition) is 2. The highest BCUT2D eigenvalue weighted by molar-refractivity contribution is 5.91. The van der Waals surface area contributed by atoms with Crippen LogP contribution in [0, 0.1) is 13.8 Å². The molecule has 1 aromatic carbocycles. The molecule has 7 heteroatoms. The van der Waals surface area contributed by atoms with E-state index < -0.39 is 0 Å². The minimum absolute atomic E-state index is 0.255. The third kappa shape index (κ3) is 5.21. The number of para-hydroxylation sites is 2. The fraction of sp³-hybridized carbons (Fsp3) is 0.300. The number of aromatic nitrogens is 2. The molecule has 2 heterocycles. The molecule has 142 valence electrons. The number of furan rings is 1. The number of amides is 2. The summed E-state index contributed by atoms with van der Waals surface area (Å²) in [5.74, 6) is 0.793. The van der Waals surface area contributed by atoms with Gasteiger partial charge in [0, 0.05) is 18.8 Å². The lowest BCUT2D eigenvalue weighted by Gasteiger charge is -2.13. The molecule has 0 aliphatic rings. The zero-order valence-corrected chi connectivity index (χ0v) is 15.6. The van der Waals surface area contributed by atoms with Crippen molar-refractivity contribution in [3.63, 3.8) is 0 Å². The molecule has 0 atom stereocenters. The molecule has 0 bridgehead atoms. The summed E-state index contributed by atoms with van der Waals surface area (Å²) in [5, 5.41) is 10.2. The Morgan fingerprint density at radius 3 is 2.81 bits per heavy atom. The molecule has 3 rings (SSSR count). The minimum Gasteiger partial charge on any atom is -0.467 e. The minimum atomic E-state index is -0.255. The van der Waals surface area contributed by atoms with Crippen LogP contribution in [-0.2, 0) is 11.3 Å². The van der Waals surface area contributed by atoms with Gasteiger partial charge in [0.2, 0.25) is 0 Å². The first-order valence-electron chi connectivity index (χ1n) is 8.91. The van der Waals surface area contributed by atoms with Gasteiger partial charge in [-0.05, 0) is 50.6 Å². The Bertz CT molecular complexity index is 871. The van der Waals surface area contributed by atoms with Gasteiger partial charge in [0.05, 0.1) is 23.3 Å². The normalized spacial score (nSPS) is 10.7. The van der Waals surface area contributed by atoms with Crippen LogP contribution in [0.25, 0.3) is 5.69 Å². The molecule has 0 aliphatic carbocycles. The highest BCUT2D eigenvalue weighted by Crippen LogP contribution is 2.21. The van der Waals surface area contributed by atoms with Crippen molar-refractivity contribution < 1.29 is 13.9 Å². The first-order chi connectivity index (χ1) is 13.1. The zero-order chi connectivity index (χ0) is 19.1. The van der Waals surface area contributed by atoms with Gasteiger partial charge in [-0.2, -0.15) is 5.10 Å². The molecule has 0 aliphatic heterocycles. The van der Waals surface area contributed by atoms with Crippen LogP contribution in [0.15, 0.2) is 53.1 Å². The van der Waals surface area contributed by atoms with Crippen LogP contribution in [0.2, 0.25) is 0 Å². The number of carbonyl (C=O) groups excluding carboxylic acids is 1. The lowest BCUT2D eigenvalue weighted by molar-refractivity contribution is 0.104. The molecule has 0 fully saturated rings. The van der Waals surface area contributed by atoms with E-state index in [-0.39, 0.29) is 6.03 Å². The number of ether oxygens (including phenoxy) is 1. The molecule has 27 heavy (non-hydrogen) atoms. The predicted molar refractivity (Wildman–Crippen MR) is 103 cm³/mol. The number of hydrogen-bond acceptors (Lipinski definition) is 4. The van der Waals surface area contributed by atoms with Gasteiger partial charge in [-0.1, -0.05) is 12.1 Å². The van der Waals surface area contributed by atoms with Crippen molar-refractivity contribution in [1.29, 1.82) is 0 Å². The lowest BCUT2D eigenvalue weighted by atomic mass is 10.2. The quantitative estimate of drug-likeness (QED) is 0.593. The fourth-order valence-corrected chi connectivity index (χ4v) is 2.75. The van der Waals surface area contributed by atoms with Gasteiger partial charge in [0.15, 0.2) is 0 Å². The maximum atomic E-state index is 12.2. The van der Waals surface area contributed by atoms with E-state index in [1.54, 1.807) is 6.26 Å². The second kappa shape index (κ2) is 9.05. The smallest absolute Gasteiger partial charge is 0.319 e. The average molecular weight is 368 g/mol. The second-order valence-corrected chi connectivity index (χ2v) is 6.22. The summed E-state index contributed by atoms with van der Waals surface area (Å²) in [6, 6.07) is 13.0. The van der Waals surface area contributed by atoms with Crippen LogP contribution in [0.3, 0.4) is 0 Å². The topological polar surface area (TPSA) is 81.3 Å². The number of nitrogens with one attached hydrogen (secondary N) is 2. The highest BCUT2D eigenvalue weighted by atomic mass is 16.5. The van der Waals surface area contributed by atoms with Gasteiger partial charge in [-0.15, -0.1) is 0 Å². The van der Waals surface area contributed by atoms with Gasteiger partial charge in [0.1, 0.15) is 12.4 Å². The number of aryl methyl sites for hydroxylation is 2. The lowest BCUT2D eigenvalue weighted by Crippen LogP contribution is -2.30. The molecule has 0 radical (unpaired) electrons. The maximum Gasteiger partial charge on any atom is 0.319 e. The number of anilines is 1. The van der Waals surface area contributed by atoms with E-state index in [0.29, 0.717) is 31.9 Å². The van der Waals surface area contributed by atoms with E-state index in [2.05, 4.69) is 15.7 Å². The molecular formula is C20H24N4O3. The Morgan fingerprint density at radius 2 is 2.07 bits per heavy atom. The van der Waals surface area contributed by atoms with Crippen molar-refractivity contribution in [3.8, 4) is 5.69 Å². The number of rotatable bonds is 8. The monoisotopic (exact) mass is 368 g/mol. The first kappa shape index (κ1) is 18.7. The van der Waals surface area contributed by atoms with Gasteiger partial charge >= 0.3 is 6.03 Å². The van der Waals surface area contributed by atoms with Crippen LogP contribution in [0.5, 0.6) is 0 Å². The zero-order valence-electron chi connectivity index (χ0n) is 15.6. The molecular weight excluding hydrogens is 344 g/mol. The molecule has 2 N–H and O–H groups in total. The van der Waals surface area contributed by atoms with Crippen molar-refractivity contribution >= 4 is 11.7 Å². The SMILES string of the molecule is Cc1cc(C)n(-c2ccccc2NC(=O)NCCCOCc2ccco2)n1. The number of benzene rings is 1. The standard InChI is InChI=1S/C20H24N4O3/c1-15-13-16(2)24(23-15)19-9-4-3-8-18(19)22-20(25)21-10-6-11-26-14-17-7-5-12-27-17/h3-5,7-9,12-13H,6,10-11,14H2,1-2H3,(H2,21,22,25). The number of nitrogens with zero attached hydrogens (tertiary/aromatic N) is 2. The summed E-state index contributed by atoms with van der Waals surface area (Å²) in [6.07, 6.45) is 2.34. The third-order valence-electron chi connectivity index (χ3n) is 3.97. The van der Waals surface area contributed by atoms with Crippen LogP contribution in [0.1, 0.15) is 23.6 Å². The van der Waals surface area contributed by atoms with Crippen molar-refractivity contribution in [2.75, 3.05) is 18.5 Å². The first-order valence-corrected chi connectivity index (χ1v) is 8.91. The molecule has 2 amide bonds. The summed E-state index contributed by atoms with van der Waals surface area (Å²) >= 11 is 0. The van der Waals surface area contributed by atoms with Gasteiger partial charge in [0.25, 0.3) is 0 Å². The van der Waals surface area contributed by atoms with Crippen molar-refractivity contribution in [2.24, 2.45) is 0 Å². The second-order valence-electron chi connectivity index (χ2n) is 6.22. The Balaban J connectivity index is 1.46.